The summed E-state index contributed by atoms with van der Waals surface area (Å²) < 4.78 is 1.01. The molecule has 1 aromatic carbocycles. The number of halogens is 1. The molecule has 0 aliphatic heterocycles. The van der Waals surface area contributed by atoms with E-state index in [1.54, 1.807) is 0 Å². The molecular weight excluding hydrogens is 280 g/mol. The van der Waals surface area contributed by atoms with Crippen LogP contribution in [0.4, 0.5) is 5.69 Å². The van der Waals surface area contributed by atoms with Crippen LogP contribution in [0, 0.1) is 12.8 Å². The molecule has 0 saturated heterocycles. The maximum Gasteiger partial charge on any atom is 0.228 e. The topological polar surface area (TPSA) is 41.1 Å². The highest BCUT2D eigenvalue weighted by molar-refractivity contribution is 9.10. The van der Waals surface area contributed by atoms with Crippen molar-refractivity contribution >= 4 is 27.5 Å². The number of anilines is 1. The molecule has 0 heterocycles. The molecule has 1 atom stereocenters. The molecule has 0 aromatic heterocycles. The van der Waals surface area contributed by atoms with Crippen LogP contribution in [0.15, 0.2) is 22.7 Å². The normalized spacial score (nSPS) is 12.2. The summed E-state index contributed by atoms with van der Waals surface area (Å²) in [6, 6.07) is 5.80. The molecule has 94 valence electrons. The summed E-state index contributed by atoms with van der Waals surface area (Å²) in [6.07, 6.45) is 0. The van der Waals surface area contributed by atoms with Gasteiger partial charge < -0.3 is 10.6 Å². The molecule has 1 amide bonds. The lowest BCUT2D eigenvalue weighted by Gasteiger charge is -2.14. The quantitative estimate of drug-likeness (QED) is 0.877. The van der Waals surface area contributed by atoms with E-state index in [-0.39, 0.29) is 11.8 Å². The zero-order valence-corrected chi connectivity index (χ0v) is 12.1. The van der Waals surface area contributed by atoms with E-state index in [0.717, 1.165) is 22.3 Å². The Kier molecular flexibility index (Phi) is 5.65. The van der Waals surface area contributed by atoms with Crippen LogP contribution in [-0.2, 0) is 4.79 Å². The summed E-state index contributed by atoms with van der Waals surface area (Å²) in [5, 5.41) is 6.12. The third-order valence-electron chi connectivity index (χ3n) is 2.67. The summed E-state index contributed by atoms with van der Waals surface area (Å²) in [4.78, 5) is 11.9. The van der Waals surface area contributed by atoms with Crippen LogP contribution in [0.1, 0.15) is 19.4 Å². The summed E-state index contributed by atoms with van der Waals surface area (Å²) in [6.45, 7) is 7.52. The number of benzene rings is 1. The SMILES string of the molecule is CCNCC(C)C(=O)Nc1cccc(Br)c1C. The van der Waals surface area contributed by atoms with Crippen molar-refractivity contribution in [2.45, 2.75) is 20.8 Å². The first-order valence-corrected chi connectivity index (χ1v) is 6.62. The molecule has 17 heavy (non-hydrogen) atoms. The minimum atomic E-state index is -0.0340. The second-order valence-corrected chi connectivity index (χ2v) is 4.96. The van der Waals surface area contributed by atoms with Gasteiger partial charge in [0.1, 0.15) is 0 Å². The van der Waals surface area contributed by atoms with Gasteiger partial charge in [0.15, 0.2) is 0 Å². The predicted molar refractivity (Wildman–Crippen MR) is 75.2 cm³/mol. The largest absolute Gasteiger partial charge is 0.326 e. The third-order valence-corrected chi connectivity index (χ3v) is 3.53. The minimum Gasteiger partial charge on any atom is -0.326 e. The molecule has 0 bridgehead atoms. The lowest BCUT2D eigenvalue weighted by molar-refractivity contribution is -0.119. The molecule has 1 aromatic rings. The second kappa shape index (κ2) is 6.77. The van der Waals surface area contributed by atoms with Crippen molar-refractivity contribution in [2.24, 2.45) is 5.92 Å². The van der Waals surface area contributed by atoms with Crippen molar-refractivity contribution in [3.8, 4) is 0 Å². The van der Waals surface area contributed by atoms with E-state index in [9.17, 15) is 4.79 Å². The summed E-state index contributed by atoms with van der Waals surface area (Å²) in [7, 11) is 0. The number of carbonyl (C=O) groups is 1. The number of rotatable bonds is 5. The average Bonchev–Trinajstić information content (AvgIpc) is 2.31. The van der Waals surface area contributed by atoms with Gasteiger partial charge in [0.2, 0.25) is 5.91 Å². The molecule has 0 aliphatic rings. The predicted octanol–water partition coefficient (Wildman–Crippen LogP) is 2.94. The van der Waals surface area contributed by atoms with Gasteiger partial charge in [-0.05, 0) is 31.2 Å². The van der Waals surface area contributed by atoms with Crippen LogP contribution in [-0.4, -0.2) is 19.0 Å². The molecule has 2 N–H and O–H groups in total. The van der Waals surface area contributed by atoms with Crippen LogP contribution < -0.4 is 10.6 Å². The van der Waals surface area contributed by atoms with E-state index in [2.05, 4.69) is 26.6 Å². The van der Waals surface area contributed by atoms with Crippen LogP contribution >= 0.6 is 15.9 Å². The van der Waals surface area contributed by atoms with Crippen molar-refractivity contribution in [3.05, 3.63) is 28.2 Å². The molecule has 0 spiro atoms. The molecule has 0 radical (unpaired) electrons. The number of amides is 1. The fraction of sp³-hybridized carbons (Fsp3) is 0.462. The summed E-state index contributed by atoms with van der Waals surface area (Å²) >= 11 is 3.45. The van der Waals surface area contributed by atoms with Crippen molar-refractivity contribution in [3.63, 3.8) is 0 Å². The van der Waals surface area contributed by atoms with E-state index in [1.807, 2.05) is 39.0 Å². The fourth-order valence-electron chi connectivity index (χ4n) is 1.45. The second-order valence-electron chi connectivity index (χ2n) is 4.11. The molecule has 3 nitrogen and oxygen atoms in total. The van der Waals surface area contributed by atoms with Crippen LogP contribution in [0.3, 0.4) is 0 Å². The smallest absolute Gasteiger partial charge is 0.228 e. The number of hydrogen-bond acceptors (Lipinski definition) is 2. The molecule has 1 rings (SSSR count). The Morgan fingerprint density at radius 2 is 2.18 bits per heavy atom. The van der Waals surface area contributed by atoms with Gasteiger partial charge in [-0.2, -0.15) is 0 Å². The monoisotopic (exact) mass is 298 g/mol. The first-order chi connectivity index (χ1) is 8.06. The van der Waals surface area contributed by atoms with E-state index in [4.69, 9.17) is 0 Å². The lowest BCUT2D eigenvalue weighted by atomic mass is 10.1. The molecule has 1 unspecified atom stereocenters. The van der Waals surface area contributed by atoms with E-state index in [1.165, 1.54) is 0 Å². The Morgan fingerprint density at radius 3 is 2.82 bits per heavy atom. The fourth-order valence-corrected chi connectivity index (χ4v) is 1.82. The highest BCUT2D eigenvalue weighted by Gasteiger charge is 2.13. The van der Waals surface area contributed by atoms with Crippen molar-refractivity contribution in [2.75, 3.05) is 18.4 Å². The lowest BCUT2D eigenvalue weighted by Crippen LogP contribution is -2.30. The van der Waals surface area contributed by atoms with Crippen molar-refractivity contribution in [1.82, 2.24) is 5.32 Å². The maximum atomic E-state index is 11.9. The first-order valence-electron chi connectivity index (χ1n) is 5.83. The number of nitrogens with one attached hydrogen (secondary N) is 2. The Bertz CT molecular complexity index is 393. The number of carbonyl (C=O) groups excluding carboxylic acids is 1. The van der Waals surface area contributed by atoms with Crippen molar-refractivity contribution in [1.29, 1.82) is 0 Å². The van der Waals surface area contributed by atoms with E-state index in [0.29, 0.717) is 6.54 Å². The molecule has 4 heteroatoms. The summed E-state index contributed by atoms with van der Waals surface area (Å²) in [5.74, 6) is 0.0143. The Hall–Kier alpha value is -0.870. The van der Waals surface area contributed by atoms with Crippen LogP contribution in [0.5, 0.6) is 0 Å². The number of hydrogen-bond donors (Lipinski definition) is 2. The van der Waals surface area contributed by atoms with Gasteiger partial charge in [-0.3, -0.25) is 4.79 Å². The van der Waals surface area contributed by atoms with E-state index < -0.39 is 0 Å². The van der Waals surface area contributed by atoms with Gasteiger partial charge in [-0.1, -0.05) is 35.8 Å². The van der Waals surface area contributed by atoms with Crippen LogP contribution in [0.2, 0.25) is 0 Å². The Balaban J connectivity index is 2.64. The minimum absolute atomic E-state index is 0.0340. The third kappa shape index (κ3) is 4.13. The van der Waals surface area contributed by atoms with Gasteiger partial charge in [-0.25, -0.2) is 0 Å². The van der Waals surface area contributed by atoms with Crippen LogP contribution in [0.25, 0.3) is 0 Å². The average molecular weight is 299 g/mol. The van der Waals surface area contributed by atoms with Gasteiger partial charge in [-0.15, -0.1) is 0 Å². The highest BCUT2D eigenvalue weighted by atomic mass is 79.9. The molecule has 0 saturated carbocycles. The van der Waals surface area contributed by atoms with Gasteiger partial charge in [0.25, 0.3) is 0 Å². The summed E-state index contributed by atoms with van der Waals surface area (Å²) in [5.41, 5.74) is 1.92. The van der Waals surface area contributed by atoms with Gasteiger partial charge >= 0.3 is 0 Å². The highest BCUT2D eigenvalue weighted by Crippen LogP contribution is 2.23. The Labute approximate surface area is 111 Å². The van der Waals surface area contributed by atoms with Crippen molar-refractivity contribution < 1.29 is 4.79 Å². The zero-order chi connectivity index (χ0) is 12.8. The van der Waals surface area contributed by atoms with Gasteiger partial charge in [0.05, 0.1) is 0 Å². The molecule has 0 fully saturated rings. The van der Waals surface area contributed by atoms with E-state index >= 15 is 0 Å². The first kappa shape index (κ1) is 14.2. The molecule has 0 aliphatic carbocycles. The van der Waals surface area contributed by atoms with Gasteiger partial charge in [0, 0.05) is 22.6 Å². The standard InChI is InChI=1S/C13H19BrN2O/c1-4-15-8-9(2)13(17)16-12-7-5-6-11(14)10(12)3/h5-7,9,15H,4,8H2,1-3H3,(H,16,17). The zero-order valence-electron chi connectivity index (χ0n) is 10.5. The maximum absolute atomic E-state index is 11.9. The molecular formula is C13H19BrN2O. The Morgan fingerprint density at radius 1 is 1.47 bits per heavy atom.